The maximum Gasteiger partial charge on any atom is 0.223 e. The highest BCUT2D eigenvalue weighted by Gasteiger charge is 2.15. The molecule has 0 N–H and O–H groups in total. The summed E-state index contributed by atoms with van der Waals surface area (Å²) in [4.78, 5) is 30.4. The van der Waals surface area contributed by atoms with Crippen LogP contribution in [0.3, 0.4) is 0 Å². The summed E-state index contributed by atoms with van der Waals surface area (Å²) in [7, 11) is 1.76. The monoisotopic (exact) mass is 336 g/mol. The van der Waals surface area contributed by atoms with E-state index in [9.17, 15) is 9.59 Å². The van der Waals surface area contributed by atoms with E-state index in [2.05, 4.69) is 11.1 Å². The topological polar surface area (TPSA) is 50.3 Å². The number of aromatic nitrogens is 1. The van der Waals surface area contributed by atoms with E-state index in [-0.39, 0.29) is 24.5 Å². The molecule has 3 rings (SSSR count). The molecule has 0 atom stereocenters. The number of fused-ring (bicyclic) bond motifs is 1. The van der Waals surface area contributed by atoms with Crippen LogP contribution in [-0.2, 0) is 24.2 Å². The zero-order valence-electron chi connectivity index (χ0n) is 14.7. The molecular formula is C21H24N2O2. The van der Waals surface area contributed by atoms with Crippen molar-refractivity contribution in [3.05, 3.63) is 65.0 Å². The van der Waals surface area contributed by atoms with E-state index in [1.165, 1.54) is 24.0 Å². The van der Waals surface area contributed by atoms with Crippen LogP contribution in [0.25, 0.3) is 0 Å². The molecule has 0 bridgehead atoms. The molecule has 0 spiro atoms. The number of carbonyl (C=O) groups excluding carboxylic acids is 2. The molecule has 25 heavy (non-hydrogen) atoms. The number of ketones is 1. The van der Waals surface area contributed by atoms with Gasteiger partial charge in [0.1, 0.15) is 0 Å². The van der Waals surface area contributed by atoms with Crippen LogP contribution in [0.2, 0.25) is 0 Å². The second kappa shape index (κ2) is 8.06. The van der Waals surface area contributed by atoms with Gasteiger partial charge in [-0.2, -0.15) is 0 Å². The summed E-state index contributed by atoms with van der Waals surface area (Å²) in [5.41, 5.74) is 4.40. The molecule has 0 aliphatic heterocycles. The smallest absolute Gasteiger partial charge is 0.223 e. The Morgan fingerprint density at radius 3 is 2.64 bits per heavy atom. The molecule has 2 aromatic rings. The van der Waals surface area contributed by atoms with Crippen molar-refractivity contribution in [3.8, 4) is 0 Å². The first-order chi connectivity index (χ1) is 12.1. The lowest BCUT2D eigenvalue weighted by atomic mass is 9.89. The molecule has 0 fully saturated rings. The van der Waals surface area contributed by atoms with Crippen LogP contribution < -0.4 is 0 Å². The quantitative estimate of drug-likeness (QED) is 0.758. The fraction of sp³-hybridized carbons (Fsp3) is 0.381. The Balaban J connectivity index is 1.54. The molecule has 0 unspecified atom stereocenters. The highest BCUT2D eigenvalue weighted by molar-refractivity contribution is 5.98. The molecule has 0 radical (unpaired) electrons. The Morgan fingerprint density at radius 1 is 1.08 bits per heavy atom. The molecule has 0 saturated heterocycles. The lowest BCUT2D eigenvalue weighted by Gasteiger charge is -2.17. The van der Waals surface area contributed by atoms with E-state index in [0.29, 0.717) is 6.54 Å². The van der Waals surface area contributed by atoms with Crippen molar-refractivity contribution >= 4 is 11.7 Å². The summed E-state index contributed by atoms with van der Waals surface area (Å²) in [6.45, 7) is 0.514. The number of hydrogen-bond acceptors (Lipinski definition) is 3. The molecule has 1 aromatic carbocycles. The highest BCUT2D eigenvalue weighted by Crippen LogP contribution is 2.23. The Morgan fingerprint density at radius 2 is 1.88 bits per heavy atom. The largest absolute Gasteiger partial charge is 0.341 e. The number of hydrogen-bond donors (Lipinski definition) is 0. The molecule has 1 amide bonds. The zero-order chi connectivity index (χ0) is 17.6. The van der Waals surface area contributed by atoms with E-state index in [1.54, 1.807) is 24.3 Å². The zero-order valence-corrected chi connectivity index (χ0v) is 14.7. The molecule has 1 aromatic heterocycles. The van der Waals surface area contributed by atoms with Crippen LogP contribution in [-0.4, -0.2) is 28.6 Å². The van der Waals surface area contributed by atoms with Gasteiger partial charge in [0.2, 0.25) is 5.91 Å². The molecule has 1 aliphatic carbocycles. The maximum absolute atomic E-state index is 12.4. The number of amides is 1. The van der Waals surface area contributed by atoms with Crippen LogP contribution in [0.5, 0.6) is 0 Å². The van der Waals surface area contributed by atoms with Crippen molar-refractivity contribution < 1.29 is 9.59 Å². The predicted octanol–water partition coefficient (Wildman–Crippen LogP) is 3.58. The van der Waals surface area contributed by atoms with E-state index in [1.807, 2.05) is 24.3 Å². The Kier molecular flexibility index (Phi) is 5.59. The van der Waals surface area contributed by atoms with E-state index >= 15 is 0 Å². The van der Waals surface area contributed by atoms with Crippen molar-refractivity contribution in [2.75, 3.05) is 7.05 Å². The molecule has 1 heterocycles. The maximum atomic E-state index is 12.4. The summed E-state index contributed by atoms with van der Waals surface area (Å²) in [6.07, 6.45) is 8.57. The minimum absolute atomic E-state index is 0.0184. The van der Waals surface area contributed by atoms with Crippen molar-refractivity contribution in [1.29, 1.82) is 0 Å². The van der Waals surface area contributed by atoms with Crippen LogP contribution in [0.15, 0.2) is 42.7 Å². The van der Waals surface area contributed by atoms with Crippen molar-refractivity contribution in [2.45, 2.75) is 45.1 Å². The van der Waals surface area contributed by atoms with E-state index in [4.69, 9.17) is 0 Å². The fourth-order valence-electron chi connectivity index (χ4n) is 3.32. The van der Waals surface area contributed by atoms with Gasteiger partial charge in [-0.3, -0.25) is 14.6 Å². The first-order valence-electron chi connectivity index (χ1n) is 8.91. The Bertz CT molecular complexity index is 756. The number of rotatable bonds is 6. The normalized spacial score (nSPS) is 13.2. The lowest BCUT2D eigenvalue weighted by Crippen LogP contribution is -2.26. The summed E-state index contributed by atoms with van der Waals surface area (Å²) >= 11 is 0. The minimum Gasteiger partial charge on any atom is -0.341 e. The van der Waals surface area contributed by atoms with Gasteiger partial charge >= 0.3 is 0 Å². The predicted molar refractivity (Wildman–Crippen MR) is 97.4 cm³/mol. The number of pyridine rings is 1. The van der Waals surface area contributed by atoms with Crippen LogP contribution in [0.1, 0.15) is 52.7 Å². The van der Waals surface area contributed by atoms with Gasteiger partial charge in [-0.05, 0) is 54.5 Å². The average Bonchev–Trinajstić information content (AvgIpc) is 2.66. The molecule has 0 saturated carbocycles. The first kappa shape index (κ1) is 17.3. The fourth-order valence-corrected chi connectivity index (χ4v) is 3.32. The van der Waals surface area contributed by atoms with Crippen molar-refractivity contribution in [2.24, 2.45) is 0 Å². The summed E-state index contributed by atoms with van der Waals surface area (Å²) in [6, 6.07) is 9.82. The first-order valence-corrected chi connectivity index (χ1v) is 8.91. The third-order valence-electron chi connectivity index (χ3n) is 4.80. The average molecular weight is 336 g/mol. The highest BCUT2D eigenvalue weighted by atomic mass is 16.2. The molecular weight excluding hydrogens is 312 g/mol. The molecule has 130 valence electrons. The van der Waals surface area contributed by atoms with E-state index in [0.717, 1.165) is 24.0 Å². The van der Waals surface area contributed by atoms with Crippen molar-refractivity contribution in [1.82, 2.24) is 9.88 Å². The van der Waals surface area contributed by atoms with Crippen molar-refractivity contribution in [3.63, 3.8) is 0 Å². The van der Waals surface area contributed by atoms with Crippen LogP contribution in [0.4, 0.5) is 0 Å². The van der Waals surface area contributed by atoms with Gasteiger partial charge in [0.25, 0.3) is 0 Å². The van der Waals surface area contributed by atoms with Gasteiger partial charge in [-0.1, -0.05) is 18.2 Å². The summed E-state index contributed by atoms with van der Waals surface area (Å²) in [5.74, 6) is 0.0339. The van der Waals surface area contributed by atoms with Gasteiger partial charge in [-0.15, -0.1) is 0 Å². The van der Waals surface area contributed by atoms with Gasteiger partial charge in [0.05, 0.1) is 0 Å². The van der Waals surface area contributed by atoms with Gasteiger partial charge in [0.15, 0.2) is 5.78 Å². The second-order valence-electron chi connectivity index (χ2n) is 6.72. The third kappa shape index (κ3) is 4.53. The second-order valence-corrected chi connectivity index (χ2v) is 6.72. The Labute approximate surface area is 148 Å². The number of nitrogens with zero attached hydrogens (tertiary/aromatic N) is 2. The minimum atomic E-state index is -0.0184. The SMILES string of the molecule is CN(Cc1cccnc1)C(=O)CCC(=O)c1ccc2c(c1)CCCC2. The summed E-state index contributed by atoms with van der Waals surface area (Å²) in [5, 5.41) is 0. The summed E-state index contributed by atoms with van der Waals surface area (Å²) < 4.78 is 0. The molecule has 4 nitrogen and oxygen atoms in total. The standard InChI is InChI=1S/C21H24N2O2/c1-23(15-16-5-4-12-22-14-16)21(25)11-10-20(24)19-9-8-17-6-2-3-7-18(17)13-19/h4-5,8-9,12-14H,2-3,6-7,10-11,15H2,1H3. The molecule has 1 aliphatic rings. The van der Waals surface area contributed by atoms with Gasteiger partial charge in [-0.25, -0.2) is 0 Å². The number of aryl methyl sites for hydroxylation is 2. The van der Waals surface area contributed by atoms with Crippen LogP contribution >= 0.6 is 0 Å². The lowest BCUT2D eigenvalue weighted by molar-refractivity contribution is -0.130. The van der Waals surface area contributed by atoms with Gasteiger partial charge < -0.3 is 4.90 Å². The van der Waals surface area contributed by atoms with Gasteiger partial charge in [0, 0.05) is 44.4 Å². The Hall–Kier alpha value is -2.49. The number of carbonyl (C=O) groups is 2. The van der Waals surface area contributed by atoms with Crippen LogP contribution in [0, 0.1) is 0 Å². The number of benzene rings is 1. The third-order valence-corrected chi connectivity index (χ3v) is 4.80. The van der Waals surface area contributed by atoms with E-state index < -0.39 is 0 Å². The molecule has 4 heteroatoms. The number of Topliss-reactive ketones (excluding diaryl/α,β-unsaturated/α-hetero) is 1.